The molecule has 1 N–H and O–H groups in total. The van der Waals surface area contributed by atoms with Crippen molar-refractivity contribution in [3.05, 3.63) is 29.6 Å². The molecule has 0 atom stereocenters. The summed E-state index contributed by atoms with van der Waals surface area (Å²) in [5, 5.41) is 8.82. The molecular formula is C16H22FN3O2S. The fourth-order valence-corrected chi connectivity index (χ4v) is 4.03. The quantitative estimate of drug-likeness (QED) is 0.863. The number of nitrogens with one attached hydrogen (secondary N) is 1. The molecule has 23 heavy (non-hydrogen) atoms. The van der Waals surface area contributed by atoms with E-state index >= 15 is 0 Å². The number of nitriles is 1. The summed E-state index contributed by atoms with van der Waals surface area (Å²) in [7, 11) is -3.73. The summed E-state index contributed by atoms with van der Waals surface area (Å²) in [4.78, 5) is 2.28. The Morgan fingerprint density at radius 2 is 2.09 bits per heavy atom. The molecular weight excluding hydrogens is 317 g/mol. The fourth-order valence-electron chi connectivity index (χ4n) is 2.70. The van der Waals surface area contributed by atoms with Gasteiger partial charge in [0.15, 0.2) is 0 Å². The highest BCUT2D eigenvalue weighted by molar-refractivity contribution is 7.89. The molecule has 1 fully saturated rings. The summed E-state index contributed by atoms with van der Waals surface area (Å²) in [5.74, 6) is -0.712. The predicted octanol–water partition coefficient (Wildman–Crippen LogP) is 2.24. The minimum atomic E-state index is -3.73. The minimum absolute atomic E-state index is 0.0659. The average Bonchev–Trinajstić information content (AvgIpc) is 2.54. The van der Waals surface area contributed by atoms with Gasteiger partial charge in [0, 0.05) is 6.04 Å². The van der Waals surface area contributed by atoms with E-state index in [1.165, 1.54) is 6.07 Å². The van der Waals surface area contributed by atoms with Crippen molar-refractivity contribution in [3.8, 4) is 6.07 Å². The maximum Gasteiger partial charge on any atom is 0.240 e. The second-order valence-electron chi connectivity index (χ2n) is 5.84. The summed E-state index contributed by atoms with van der Waals surface area (Å²) >= 11 is 0. The molecule has 1 aromatic carbocycles. The molecule has 0 radical (unpaired) electrons. The van der Waals surface area contributed by atoms with Gasteiger partial charge in [-0.2, -0.15) is 5.26 Å². The summed E-state index contributed by atoms with van der Waals surface area (Å²) < 4.78 is 40.7. The number of unbranched alkanes of at least 4 members (excludes halogenated alkanes) is 1. The Balaban J connectivity index is 1.99. The molecule has 2 rings (SSSR count). The number of hydrogen-bond donors (Lipinski definition) is 1. The number of sulfonamides is 1. The molecule has 126 valence electrons. The third kappa shape index (κ3) is 4.74. The zero-order chi connectivity index (χ0) is 16.9. The fraction of sp³-hybridized carbons (Fsp3) is 0.562. The number of likely N-dealkylation sites (tertiary alicyclic amines) is 1. The van der Waals surface area contributed by atoms with Crippen molar-refractivity contribution in [1.82, 2.24) is 9.62 Å². The van der Waals surface area contributed by atoms with Crippen molar-refractivity contribution in [2.75, 3.05) is 19.6 Å². The van der Waals surface area contributed by atoms with Crippen LogP contribution in [-0.4, -0.2) is 39.0 Å². The number of benzene rings is 1. The van der Waals surface area contributed by atoms with Crippen molar-refractivity contribution in [2.45, 2.75) is 43.5 Å². The van der Waals surface area contributed by atoms with E-state index in [1.54, 1.807) is 6.07 Å². The highest BCUT2D eigenvalue weighted by Gasteiger charge is 2.25. The number of hydrogen-bond acceptors (Lipinski definition) is 4. The van der Waals surface area contributed by atoms with Gasteiger partial charge in [0.2, 0.25) is 10.0 Å². The molecule has 0 aromatic heterocycles. The molecule has 7 heteroatoms. The molecule has 1 aliphatic rings. The molecule has 1 aliphatic heterocycles. The topological polar surface area (TPSA) is 73.2 Å². The maximum absolute atomic E-state index is 13.3. The van der Waals surface area contributed by atoms with E-state index in [9.17, 15) is 12.8 Å². The zero-order valence-electron chi connectivity index (χ0n) is 13.3. The standard InChI is InChI=1S/C16H22FN3O2S/c1-2-3-8-20-9-6-14(7-10-20)19-23(21,22)15-4-5-16(17)13(11-15)12-18/h4-5,11,14,19H,2-3,6-10H2,1H3. The molecule has 0 bridgehead atoms. The largest absolute Gasteiger partial charge is 0.303 e. The van der Waals surface area contributed by atoms with Gasteiger partial charge in [-0.3, -0.25) is 0 Å². The normalized spacial score (nSPS) is 17.1. The second-order valence-corrected chi connectivity index (χ2v) is 7.56. The summed E-state index contributed by atoms with van der Waals surface area (Å²) in [6, 6.07) is 4.83. The molecule has 1 aromatic rings. The first kappa shape index (κ1) is 17.9. The molecule has 0 aliphatic carbocycles. The van der Waals surface area contributed by atoms with Crippen LogP contribution < -0.4 is 4.72 Å². The van der Waals surface area contributed by atoms with Crippen molar-refractivity contribution in [3.63, 3.8) is 0 Å². The Hall–Kier alpha value is -1.49. The van der Waals surface area contributed by atoms with Crippen LogP contribution in [0.3, 0.4) is 0 Å². The van der Waals surface area contributed by atoms with E-state index in [1.807, 2.05) is 0 Å². The van der Waals surface area contributed by atoms with Crippen LogP contribution in [0.1, 0.15) is 38.2 Å². The predicted molar refractivity (Wildman–Crippen MR) is 85.8 cm³/mol. The first-order valence-corrected chi connectivity index (χ1v) is 9.39. The van der Waals surface area contributed by atoms with Crippen LogP contribution in [0.5, 0.6) is 0 Å². The lowest BCUT2D eigenvalue weighted by Crippen LogP contribution is -2.44. The third-order valence-corrected chi connectivity index (χ3v) is 5.62. The van der Waals surface area contributed by atoms with Crippen LogP contribution in [0.2, 0.25) is 0 Å². The van der Waals surface area contributed by atoms with E-state index in [0.717, 1.165) is 57.5 Å². The molecule has 0 spiro atoms. The van der Waals surface area contributed by atoms with Crippen LogP contribution in [-0.2, 0) is 10.0 Å². The SMILES string of the molecule is CCCCN1CCC(NS(=O)(=O)c2ccc(F)c(C#N)c2)CC1. The maximum atomic E-state index is 13.3. The third-order valence-electron chi connectivity index (χ3n) is 4.11. The van der Waals surface area contributed by atoms with Crippen molar-refractivity contribution < 1.29 is 12.8 Å². The van der Waals surface area contributed by atoms with Crippen LogP contribution in [0.15, 0.2) is 23.1 Å². The van der Waals surface area contributed by atoms with E-state index in [0.29, 0.717) is 0 Å². The number of nitrogens with zero attached hydrogens (tertiary/aromatic N) is 2. The van der Waals surface area contributed by atoms with Crippen LogP contribution in [0, 0.1) is 17.1 Å². The van der Waals surface area contributed by atoms with Gasteiger partial charge in [0.05, 0.1) is 10.5 Å². The minimum Gasteiger partial charge on any atom is -0.303 e. The lowest BCUT2D eigenvalue weighted by atomic mass is 10.1. The van der Waals surface area contributed by atoms with Gasteiger partial charge in [-0.25, -0.2) is 17.5 Å². The lowest BCUT2D eigenvalue weighted by Gasteiger charge is -2.32. The Morgan fingerprint density at radius 1 is 1.39 bits per heavy atom. The van der Waals surface area contributed by atoms with Crippen LogP contribution in [0.25, 0.3) is 0 Å². The van der Waals surface area contributed by atoms with Gasteiger partial charge >= 0.3 is 0 Å². The molecule has 1 saturated heterocycles. The summed E-state index contributed by atoms with van der Waals surface area (Å²) in [5.41, 5.74) is -0.262. The van der Waals surface area contributed by atoms with E-state index in [4.69, 9.17) is 5.26 Å². The van der Waals surface area contributed by atoms with Gasteiger partial charge in [-0.05, 0) is 57.1 Å². The molecule has 5 nitrogen and oxygen atoms in total. The first-order chi connectivity index (χ1) is 11.0. The number of halogens is 1. The Kier molecular flexibility index (Phi) is 6.10. The van der Waals surface area contributed by atoms with Crippen LogP contribution in [0.4, 0.5) is 4.39 Å². The summed E-state index contributed by atoms with van der Waals surface area (Å²) in [6.45, 7) is 4.96. The Bertz CT molecular complexity index is 677. The second kappa shape index (κ2) is 7.86. The van der Waals surface area contributed by atoms with Crippen molar-refractivity contribution >= 4 is 10.0 Å². The molecule has 0 unspecified atom stereocenters. The van der Waals surface area contributed by atoms with Gasteiger partial charge in [-0.15, -0.1) is 0 Å². The molecule has 0 amide bonds. The van der Waals surface area contributed by atoms with Crippen molar-refractivity contribution in [2.24, 2.45) is 0 Å². The highest BCUT2D eigenvalue weighted by atomic mass is 32.2. The Labute approximate surface area is 137 Å². The van der Waals surface area contributed by atoms with Gasteiger partial charge in [-0.1, -0.05) is 13.3 Å². The highest BCUT2D eigenvalue weighted by Crippen LogP contribution is 2.17. The first-order valence-electron chi connectivity index (χ1n) is 7.90. The lowest BCUT2D eigenvalue weighted by molar-refractivity contribution is 0.205. The Morgan fingerprint density at radius 3 is 2.70 bits per heavy atom. The number of piperidine rings is 1. The average molecular weight is 339 g/mol. The smallest absolute Gasteiger partial charge is 0.240 e. The monoisotopic (exact) mass is 339 g/mol. The molecule has 0 saturated carbocycles. The van der Waals surface area contributed by atoms with Gasteiger partial charge < -0.3 is 4.90 Å². The van der Waals surface area contributed by atoms with Crippen molar-refractivity contribution in [1.29, 1.82) is 5.26 Å². The van der Waals surface area contributed by atoms with E-state index < -0.39 is 15.8 Å². The molecule has 1 heterocycles. The van der Waals surface area contributed by atoms with E-state index in [-0.39, 0.29) is 16.5 Å². The summed E-state index contributed by atoms with van der Waals surface area (Å²) in [6.07, 6.45) is 3.83. The van der Waals surface area contributed by atoms with Crippen LogP contribution >= 0.6 is 0 Å². The number of rotatable bonds is 6. The van der Waals surface area contributed by atoms with E-state index in [2.05, 4.69) is 16.5 Å². The van der Waals surface area contributed by atoms with Gasteiger partial charge in [0.1, 0.15) is 11.9 Å². The zero-order valence-corrected chi connectivity index (χ0v) is 14.1. The van der Waals surface area contributed by atoms with Gasteiger partial charge in [0.25, 0.3) is 0 Å².